The molecule has 1 atom stereocenters. The van der Waals surface area contributed by atoms with Crippen LogP contribution in [0.1, 0.15) is 55.0 Å². The van der Waals surface area contributed by atoms with Crippen LogP contribution in [0.4, 0.5) is 0 Å². The lowest BCUT2D eigenvalue weighted by Crippen LogP contribution is -2.37. The van der Waals surface area contributed by atoms with Crippen LogP contribution in [0.5, 0.6) is 0 Å². The van der Waals surface area contributed by atoms with Crippen molar-refractivity contribution >= 4 is 23.2 Å². The minimum Gasteiger partial charge on any atom is -0.345 e. The van der Waals surface area contributed by atoms with Crippen LogP contribution in [0.15, 0.2) is 5.38 Å². The molecule has 1 aliphatic rings. The molecule has 1 aromatic rings. The zero-order valence-corrected chi connectivity index (χ0v) is 13.0. The van der Waals surface area contributed by atoms with E-state index in [-0.39, 0.29) is 17.9 Å². The second kappa shape index (κ2) is 6.35. The Bertz CT molecular complexity index is 498. The Kier molecular flexibility index (Phi) is 4.75. The molecule has 1 aromatic heterocycles. The molecule has 2 amide bonds. The normalized spacial score (nSPS) is 18.9. The molecule has 0 bridgehead atoms. The maximum atomic E-state index is 12.1. The van der Waals surface area contributed by atoms with Gasteiger partial charge in [0, 0.05) is 24.9 Å². The number of carbonyl (C=O) groups excluding carboxylic acids is 2. The summed E-state index contributed by atoms with van der Waals surface area (Å²) in [6.45, 7) is 7.52. The predicted molar refractivity (Wildman–Crippen MR) is 78.9 cm³/mol. The number of thiazole rings is 1. The van der Waals surface area contributed by atoms with E-state index in [1.54, 1.807) is 0 Å². The van der Waals surface area contributed by atoms with E-state index < -0.39 is 0 Å². The van der Waals surface area contributed by atoms with Crippen LogP contribution in [0.3, 0.4) is 0 Å². The molecule has 1 saturated heterocycles. The van der Waals surface area contributed by atoms with Crippen molar-refractivity contribution in [2.75, 3.05) is 13.1 Å². The number of rotatable bonds is 5. The quantitative estimate of drug-likeness (QED) is 0.904. The highest BCUT2D eigenvalue weighted by atomic mass is 32.1. The molecule has 0 spiro atoms. The van der Waals surface area contributed by atoms with E-state index in [1.165, 1.54) is 11.3 Å². The van der Waals surface area contributed by atoms with Crippen LogP contribution in [-0.2, 0) is 4.79 Å². The standard InChI is InChI=1S/C14H21N3O2S/c1-4-5-17-7-10(6-12(17)18)15-13(19)14-16-11(8-20-14)9(2)3/h8-10H,4-7H2,1-3H3,(H,15,19)/t10-/m1/s1. The summed E-state index contributed by atoms with van der Waals surface area (Å²) in [5, 5.41) is 5.31. The van der Waals surface area contributed by atoms with Crippen molar-refractivity contribution in [2.24, 2.45) is 0 Å². The van der Waals surface area contributed by atoms with Gasteiger partial charge in [0.25, 0.3) is 5.91 Å². The van der Waals surface area contributed by atoms with Gasteiger partial charge in [-0.2, -0.15) is 0 Å². The number of aromatic nitrogens is 1. The molecular weight excluding hydrogens is 274 g/mol. The monoisotopic (exact) mass is 295 g/mol. The molecule has 0 aromatic carbocycles. The lowest BCUT2D eigenvalue weighted by atomic mass is 10.2. The fraction of sp³-hybridized carbons (Fsp3) is 0.643. The van der Waals surface area contributed by atoms with Crippen LogP contribution in [0.25, 0.3) is 0 Å². The first-order valence-electron chi connectivity index (χ1n) is 7.05. The van der Waals surface area contributed by atoms with E-state index in [1.807, 2.05) is 17.2 Å². The summed E-state index contributed by atoms with van der Waals surface area (Å²) < 4.78 is 0. The van der Waals surface area contributed by atoms with Crippen molar-refractivity contribution in [3.8, 4) is 0 Å². The molecule has 1 aliphatic heterocycles. The summed E-state index contributed by atoms with van der Waals surface area (Å²) in [6, 6.07) is -0.0899. The number of likely N-dealkylation sites (tertiary alicyclic amines) is 1. The molecule has 2 rings (SSSR count). The minimum absolute atomic E-state index is 0.0899. The highest BCUT2D eigenvalue weighted by Crippen LogP contribution is 2.18. The predicted octanol–water partition coefficient (Wildman–Crippen LogP) is 2.01. The fourth-order valence-corrected chi connectivity index (χ4v) is 3.14. The minimum atomic E-state index is -0.168. The molecule has 0 radical (unpaired) electrons. The molecule has 1 fully saturated rings. The van der Waals surface area contributed by atoms with Crippen molar-refractivity contribution in [1.82, 2.24) is 15.2 Å². The first-order chi connectivity index (χ1) is 9.51. The van der Waals surface area contributed by atoms with Gasteiger partial charge in [0.2, 0.25) is 5.91 Å². The van der Waals surface area contributed by atoms with Gasteiger partial charge in [0.05, 0.1) is 11.7 Å². The van der Waals surface area contributed by atoms with Crippen LogP contribution in [0, 0.1) is 0 Å². The van der Waals surface area contributed by atoms with Gasteiger partial charge in [-0.15, -0.1) is 11.3 Å². The Morgan fingerprint density at radius 3 is 2.95 bits per heavy atom. The second-order valence-corrected chi connectivity index (χ2v) is 6.30. The third-order valence-corrected chi connectivity index (χ3v) is 4.21. The molecule has 0 saturated carbocycles. The Morgan fingerprint density at radius 1 is 1.60 bits per heavy atom. The zero-order valence-electron chi connectivity index (χ0n) is 12.2. The smallest absolute Gasteiger partial charge is 0.280 e. The summed E-state index contributed by atoms with van der Waals surface area (Å²) in [4.78, 5) is 30.0. The first kappa shape index (κ1) is 15.0. The fourth-order valence-electron chi connectivity index (χ4n) is 2.26. The van der Waals surface area contributed by atoms with Crippen LogP contribution < -0.4 is 5.32 Å². The van der Waals surface area contributed by atoms with Gasteiger partial charge in [0.1, 0.15) is 0 Å². The largest absolute Gasteiger partial charge is 0.345 e. The van der Waals surface area contributed by atoms with Crippen LogP contribution >= 0.6 is 11.3 Å². The number of hydrogen-bond donors (Lipinski definition) is 1. The average Bonchev–Trinajstić information content (AvgIpc) is 2.98. The van der Waals surface area contributed by atoms with Gasteiger partial charge in [-0.3, -0.25) is 9.59 Å². The summed E-state index contributed by atoms with van der Waals surface area (Å²) in [7, 11) is 0. The lowest BCUT2D eigenvalue weighted by Gasteiger charge is -2.15. The molecule has 0 aliphatic carbocycles. The zero-order chi connectivity index (χ0) is 14.7. The van der Waals surface area contributed by atoms with Crippen LogP contribution in [0.2, 0.25) is 0 Å². The number of nitrogens with one attached hydrogen (secondary N) is 1. The van der Waals surface area contributed by atoms with Gasteiger partial charge in [0.15, 0.2) is 5.01 Å². The first-order valence-corrected chi connectivity index (χ1v) is 7.93. The van der Waals surface area contributed by atoms with Crippen molar-refractivity contribution in [3.63, 3.8) is 0 Å². The average molecular weight is 295 g/mol. The third-order valence-electron chi connectivity index (χ3n) is 3.35. The molecular formula is C14H21N3O2S. The van der Waals surface area contributed by atoms with Crippen molar-refractivity contribution in [2.45, 2.75) is 45.6 Å². The maximum Gasteiger partial charge on any atom is 0.280 e. The number of amides is 2. The number of nitrogens with zero attached hydrogens (tertiary/aromatic N) is 2. The van der Waals surface area contributed by atoms with Crippen molar-refractivity contribution < 1.29 is 9.59 Å². The number of hydrogen-bond acceptors (Lipinski definition) is 4. The van der Waals surface area contributed by atoms with Crippen molar-refractivity contribution in [1.29, 1.82) is 0 Å². The SMILES string of the molecule is CCCN1C[C@H](NC(=O)c2nc(C(C)C)cs2)CC1=O. The third kappa shape index (κ3) is 3.36. The van der Waals surface area contributed by atoms with Crippen molar-refractivity contribution in [3.05, 3.63) is 16.1 Å². The Balaban J connectivity index is 1.93. The van der Waals surface area contributed by atoms with Gasteiger partial charge < -0.3 is 10.2 Å². The van der Waals surface area contributed by atoms with Gasteiger partial charge in [-0.05, 0) is 12.3 Å². The molecule has 6 heteroatoms. The van der Waals surface area contributed by atoms with E-state index in [0.717, 1.165) is 18.7 Å². The van der Waals surface area contributed by atoms with E-state index >= 15 is 0 Å². The number of carbonyl (C=O) groups is 2. The molecule has 2 heterocycles. The molecule has 5 nitrogen and oxygen atoms in total. The Hall–Kier alpha value is -1.43. The molecule has 0 unspecified atom stereocenters. The summed E-state index contributed by atoms with van der Waals surface area (Å²) in [5.74, 6) is 0.276. The Morgan fingerprint density at radius 2 is 2.35 bits per heavy atom. The van der Waals surface area contributed by atoms with E-state index in [0.29, 0.717) is 23.9 Å². The van der Waals surface area contributed by atoms with E-state index in [2.05, 4.69) is 24.1 Å². The molecule has 110 valence electrons. The lowest BCUT2D eigenvalue weighted by molar-refractivity contribution is -0.127. The van der Waals surface area contributed by atoms with Gasteiger partial charge in [-0.1, -0.05) is 20.8 Å². The van der Waals surface area contributed by atoms with Gasteiger partial charge >= 0.3 is 0 Å². The Labute approximate surface area is 123 Å². The topological polar surface area (TPSA) is 62.3 Å². The van der Waals surface area contributed by atoms with Crippen LogP contribution in [-0.4, -0.2) is 40.8 Å². The molecule has 20 heavy (non-hydrogen) atoms. The van der Waals surface area contributed by atoms with E-state index in [9.17, 15) is 9.59 Å². The van der Waals surface area contributed by atoms with E-state index in [4.69, 9.17) is 0 Å². The summed E-state index contributed by atoms with van der Waals surface area (Å²) >= 11 is 1.36. The summed E-state index contributed by atoms with van der Waals surface area (Å²) in [6.07, 6.45) is 1.34. The van der Waals surface area contributed by atoms with Gasteiger partial charge in [-0.25, -0.2) is 4.98 Å². The maximum absolute atomic E-state index is 12.1. The summed E-state index contributed by atoms with van der Waals surface area (Å²) in [5.41, 5.74) is 0.940. The molecule has 1 N–H and O–H groups in total. The second-order valence-electron chi connectivity index (χ2n) is 5.45. The highest BCUT2D eigenvalue weighted by Gasteiger charge is 2.30. The highest BCUT2D eigenvalue weighted by molar-refractivity contribution is 7.11.